The Morgan fingerprint density at radius 1 is 1.21 bits per heavy atom. The van der Waals surface area contributed by atoms with E-state index in [0.717, 1.165) is 11.8 Å². The summed E-state index contributed by atoms with van der Waals surface area (Å²) in [5.41, 5.74) is 0.964. The molecule has 1 amide bonds. The minimum Gasteiger partial charge on any atom is -0.507 e. The molecule has 0 radical (unpaired) electrons. The monoisotopic (exact) mass is 482 g/mol. The lowest BCUT2D eigenvalue weighted by atomic mass is 10.2. The number of aromatic hydroxyl groups is 1. The predicted octanol–water partition coefficient (Wildman–Crippen LogP) is 5.05. The lowest BCUT2D eigenvalue weighted by molar-refractivity contribution is -0.384. The molecule has 0 unspecified atom stereocenters. The van der Waals surface area contributed by atoms with Crippen molar-refractivity contribution in [1.29, 1.82) is 0 Å². The first-order valence-electron chi connectivity index (χ1n) is 9.48. The second-order valence-corrected chi connectivity index (χ2v) is 8.21. The number of nitrogens with zero attached hydrogens (tertiary/aromatic N) is 4. The molecule has 1 N–H and O–H groups in total. The number of halogens is 1. The van der Waals surface area contributed by atoms with E-state index in [1.165, 1.54) is 41.6 Å². The zero-order valence-electron chi connectivity index (χ0n) is 16.8. The van der Waals surface area contributed by atoms with Crippen molar-refractivity contribution in [3.63, 3.8) is 0 Å². The first-order chi connectivity index (χ1) is 15.9. The fourth-order valence-electron chi connectivity index (χ4n) is 2.89. The van der Waals surface area contributed by atoms with Crippen LogP contribution in [0.5, 0.6) is 5.75 Å². The average molecular weight is 483 g/mol. The van der Waals surface area contributed by atoms with Gasteiger partial charge in [0.2, 0.25) is 0 Å². The number of amidine groups is 1. The normalized spacial score (nSPS) is 16.4. The summed E-state index contributed by atoms with van der Waals surface area (Å²) in [7, 11) is 0. The molecule has 0 aliphatic carbocycles. The number of benzene rings is 2. The highest BCUT2D eigenvalue weighted by Crippen LogP contribution is 2.34. The van der Waals surface area contributed by atoms with E-state index >= 15 is 0 Å². The van der Waals surface area contributed by atoms with E-state index in [0.29, 0.717) is 32.0 Å². The van der Waals surface area contributed by atoms with Crippen LogP contribution >= 0.6 is 23.4 Å². The van der Waals surface area contributed by atoms with Gasteiger partial charge in [-0.25, -0.2) is 0 Å². The van der Waals surface area contributed by atoms with Crippen LogP contribution in [0.4, 0.5) is 5.69 Å². The molecule has 0 spiro atoms. The number of carbonyl (C=O) groups is 1. The van der Waals surface area contributed by atoms with E-state index in [-0.39, 0.29) is 23.9 Å². The molecule has 33 heavy (non-hydrogen) atoms. The first-order valence-corrected chi connectivity index (χ1v) is 10.7. The average Bonchev–Trinajstić information content (AvgIpc) is 3.41. The highest BCUT2D eigenvalue weighted by Gasteiger charge is 2.34. The van der Waals surface area contributed by atoms with Gasteiger partial charge in [-0.2, -0.15) is 5.10 Å². The molecular formula is C22H15ClN4O5S. The van der Waals surface area contributed by atoms with Crippen LogP contribution in [0, 0.1) is 10.1 Å². The van der Waals surface area contributed by atoms with Gasteiger partial charge in [0.15, 0.2) is 5.17 Å². The molecule has 0 bridgehead atoms. The molecule has 1 aromatic heterocycles. The number of hydrogen-bond donors (Lipinski definition) is 1. The lowest BCUT2D eigenvalue weighted by Crippen LogP contribution is -2.28. The Morgan fingerprint density at radius 3 is 2.70 bits per heavy atom. The number of hydrogen-bond acceptors (Lipinski definition) is 8. The molecule has 2 aromatic carbocycles. The van der Waals surface area contributed by atoms with Crippen LogP contribution in [0.25, 0.3) is 6.08 Å². The number of nitro benzene ring substituents is 1. The second kappa shape index (κ2) is 9.72. The predicted molar refractivity (Wildman–Crippen MR) is 126 cm³/mol. The molecule has 3 aromatic rings. The van der Waals surface area contributed by atoms with Crippen molar-refractivity contribution in [3.05, 3.63) is 97.8 Å². The van der Waals surface area contributed by atoms with Crippen molar-refractivity contribution >= 4 is 52.4 Å². The van der Waals surface area contributed by atoms with Gasteiger partial charge < -0.3 is 9.52 Å². The van der Waals surface area contributed by atoms with Crippen LogP contribution in [-0.2, 0) is 11.3 Å². The van der Waals surface area contributed by atoms with E-state index < -0.39 is 4.92 Å². The summed E-state index contributed by atoms with van der Waals surface area (Å²) in [6.45, 7) is 0.146. The zero-order chi connectivity index (χ0) is 23.4. The SMILES string of the molecule is O=C1/C(=C/c2ccc([N+](=O)[O-])cc2)S/C(=N\N=C\c2cc(Cl)ccc2O)N1Cc1ccco1. The van der Waals surface area contributed by atoms with Gasteiger partial charge >= 0.3 is 0 Å². The van der Waals surface area contributed by atoms with Crippen LogP contribution in [0.3, 0.4) is 0 Å². The van der Waals surface area contributed by atoms with Crippen LogP contribution in [0.15, 0.2) is 80.4 Å². The van der Waals surface area contributed by atoms with Crippen LogP contribution in [0.2, 0.25) is 5.02 Å². The van der Waals surface area contributed by atoms with Crippen LogP contribution < -0.4 is 0 Å². The van der Waals surface area contributed by atoms with Crippen LogP contribution in [-0.4, -0.2) is 32.2 Å². The summed E-state index contributed by atoms with van der Waals surface area (Å²) in [6.07, 6.45) is 4.47. The number of non-ortho nitro benzene ring substituents is 1. The van der Waals surface area contributed by atoms with E-state index in [9.17, 15) is 20.0 Å². The van der Waals surface area contributed by atoms with Crippen molar-refractivity contribution in [1.82, 2.24) is 4.90 Å². The standard InChI is InChI=1S/C22H15ClN4O5S/c23-16-5-8-19(28)15(11-16)12-24-25-22-26(13-18-2-1-9-32-18)21(29)20(33-22)10-14-3-6-17(7-4-14)27(30)31/h1-12,28H,13H2/b20-10-,24-12+,25-22-. The van der Waals surface area contributed by atoms with Gasteiger partial charge in [0.05, 0.1) is 28.9 Å². The Hall–Kier alpha value is -3.89. The summed E-state index contributed by atoms with van der Waals surface area (Å²) in [5.74, 6) is 0.240. The van der Waals surface area contributed by atoms with Gasteiger partial charge in [0.25, 0.3) is 11.6 Å². The number of thioether (sulfide) groups is 1. The van der Waals surface area contributed by atoms with E-state index in [4.69, 9.17) is 16.0 Å². The topological polar surface area (TPSA) is 122 Å². The van der Waals surface area contributed by atoms with E-state index in [1.807, 2.05) is 0 Å². The molecule has 0 atom stereocenters. The van der Waals surface area contributed by atoms with Gasteiger partial charge in [-0.1, -0.05) is 11.6 Å². The van der Waals surface area contributed by atoms with Crippen molar-refractivity contribution in [2.45, 2.75) is 6.54 Å². The summed E-state index contributed by atoms with van der Waals surface area (Å²) in [6, 6.07) is 13.8. The molecule has 11 heteroatoms. The molecule has 1 saturated heterocycles. The fraction of sp³-hybridized carbons (Fsp3) is 0.0455. The van der Waals surface area contributed by atoms with E-state index in [2.05, 4.69) is 10.2 Å². The molecule has 1 aliphatic rings. The summed E-state index contributed by atoms with van der Waals surface area (Å²) in [5, 5.41) is 29.7. The van der Waals surface area contributed by atoms with Crippen molar-refractivity contribution in [2.75, 3.05) is 0 Å². The molecule has 1 fully saturated rings. The number of carbonyl (C=O) groups excluding carboxylic acids is 1. The van der Waals surface area contributed by atoms with Gasteiger partial charge in [0.1, 0.15) is 11.5 Å². The summed E-state index contributed by atoms with van der Waals surface area (Å²) >= 11 is 7.05. The maximum Gasteiger partial charge on any atom is 0.269 e. The second-order valence-electron chi connectivity index (χ2n) is 6.76. The number of phenols is 1. The number of phenolic OH excluding ortho intramolecular Hbond substituents is 1. The molecular weight excluding hydrogens is 468 g/mol. The quantitative estimate of drug-likeness (QED) is 0.227. The Morgan fingerprint density at radius 2 is 2.00 bits per heavy atom. The van der Waals surface area contributed by atoms with Crippen molar-refractivity contribution in [2.24, 2.45) is 10.2 Å². The highest BCUT2D eigenvalue weighted by molar-refractivity contribution is 8.18. The first kappa shape index (κ1) is 22.3. The Kier molecular flexibility index (Phi) is 6.57. The zero-order valence-corrected chi connectivity index (χ0v) is 18.4. The smallest absolute Gasteiger partial charge is 0.269 e. The summed E-state index contributed by atoms with van der Waals surface area (Å²) < 4.78 is 5.36. The molecule has 1 aliphatic heterocycles. The van der Waals surface area contributed by atoms with Crippen molar-refractivity contribution < 1.29 is 19.2 Å². The number of nitro groups is 1. The molecule has 0 saturated carbocycles. The van der Waals surface area contributed by atoms with E-state index in [1.54, 1.807) is 36.4 Å². The maximum atomic E-state index is 13.1. The highest BCUT2D eigenvalue weighted by atomic mass is 35.5. The Bertz CT molecular complexity index is 1290. The third kappa shape index (κ3) is 5.30. The fourth-order valence-corrected chi connectivity index (χ4v) is 4.01. The van der Waals surface area contributed by atoms with Gasteiger partial charge in [-0.15, -0.1) is 5.10 Å². The minimum atomic E-state index is -0.488. The third-order valence-corrected chi connectivity index (χ3v) is 5.75. The Balaban J connectivity index is 1.62. The third-order valence-electron chi connectivity index (χ3n) is 4.51. The molecule has 166 valence electrons. The lowest BCUT2D eigenvalue weighted by Gasteiger charge is -2.12. The maximum absolute atomic E-state index is 13.1. The number of furan rings is 1. The largest absolute Gasteiger partial charge is 0.507 e. The summed E-state index contributed by atoms with van der Waals surface area (Å²) in [4.78, 5) is 25.2. The minimum absolute atomic E-state index is 0.00954. The van der Waals surface area contributed by atoms with Gasteiger partial charge in [0, 0.05) is 22.7 Å². The number of rotatable bonds is 6. The van der Waals surface area contributed by atoms with Crippen molar-refractivity contribution in [3.8, 4) is 5.75 Å². The molecule has 2 heterocycles. The number of amides is 1. The van der Waals surface area contributed by atoms with Gasteiger partial charge in [-0.05, 0) is 65.9 Å². The molecule has 9 nitrogen and oxygen atoms in total. The van der Waals surface area contributed by atoms with Gasteiger partial charge in [-0.3, -0.25) is 19.8 Å². The molecule has 4 rings (SSSR count). The van der Waals surface area contributed by atoms with Crippen LogP contribution in [0.1, 0.15) is 16.9 Å². The Labute approximate surface area is 196 Å².